The van der Waals surface area contributed by atoms with Crippen molar-refractivity contribution < 1.29 is 4.57 Å². The quantitative estimate of drug-likeness (QED) is 0.0922. The summed E-state index contributed by atoms with van der Waals surface area (Å²) in [4.78, 5) is 19.9. The van der Waals surface area contributed by atoms with Crippen LogP contribution in [0.2, 0.25) is 0 Å². The summed E-state index contributed by atoms with van der Waals surface area (Å²) in [7, 11) is -3.08. The summed E-state index contributed by atoms with van der Waals surface area (Å²) in [5.74, 6) is 0. The van der Waals surface area contributed by atoms with Crippen molar-refractivity contribution in [3.8, 4) is 44.9 Å². The summed E-state index contributed by atoms with van der Waals surface area (Å²) >= 11 is 0. The molecule has 0 radical (unpaired) electrons. The Morgan fingerprint density at radius 3 is 1.38 bits per heavy atom. The first-order valence-electron chi connectivity index (χ1n) is 19.1. The highest BCUT2D eigenvalue weighted by Crippen LogP contribution is 2.44. The number of fused-ring (bicyclic) bond motifs is 5. The molecule has 0 spiro atoms. The first-order valence-corrected chi connectivity index (χ1v) is 20.8. The van der Waals surface area contributed by atoms with Gasteiger partial charge in [0, 0.05) is 48.8 Å². The van der Waals surface area contributed by atoms with Crippen LogP contribution in [0.25, 0.3) is 82.5 Å². The zero-order valence-corrected chi connectivity index (χ0v) is 32.1. The zero-order chi connectivity index (χ0) is 39.1. The fourth-order valence-corrected chi connectivity index (χ4v) is 10.6. The van der Waals surface area contributed by atoms with Crippen molar-refractivity contribution in [1.29, 1.82) is 0 Å². The molecule has 272 valence electrons. The van der Waals surface area contributed by atoms with E-state index in [0.29, 0.717) is 16.7 Å². The van der Waals surface area contributed by atoms with Crippen molar-refractivity contribution >= 4 is 61.5 Å². The average molecular weight is 761 g/mol. The van der Waals surface area contributed by atoms with E-state index in [9.17, 15) is 4.57 Å². The third-order valence-electron chi connectivity index (χ3n) is 10.8. The number of pyridine rings is 1. The second-order valence-electron chi connectivity index (χ2n) is 14.2. The average Bonchev–Trinajstić information content (AvgIpc) is 3.31. The summed E-state index contributed by atoms with van der Waals surface area (Å²) in [6.45, 7) is 8.33. The first kappa shape index (κ1) is 34.9. The van der Waals surface area contributed by atoms with Crippen LogP contribution in [0.3, 0.4) is 0 Å². The maximum Gasteiger partial charge on any atom is 0.215 e. The standard InChI is InChI=1S/C52H33N4OP/c1-53-46-34-44-47(52-51(46)55-49(37-16-6-2-7-17-37)50(56-52)38-18-8-3-9-19-38)43-24-14-15-25-45(43)54-48(44)39-28-26-35(27-29-39)36-30-32-42(33-31-36)58(57,40-20-10-4-11-21-40)41-22-12-5-13-23-41/h2-34H. The summed E-state index contributed by atoms with van der Waals surface area (Å²) < 4.78 is 14.9. The second kappa shape index (κ2) is 14.5. The normalized spacial score (nSPS) is 11.5. The second-order valence-corrected chi connectivity index (χ2v) is 16.9. The maximum absolute atomic E-state index is 14.9. The van der Waals surface area contributed by atoms with Crippen LogP contribution >= 0.6 is 7.14 Å². The molecule has 5 nitrogen and oxygen atoms in total. The molecule has 0 atom stereocenters. The molecule has 0 saturated carbocycles. The van der Waals surface area contributed by atoms with Gasteiger partial charge in [0.2, 0.25) is 5.69 Å². The molecule has 10 rings (SSSR count). The van der Waals surface area contributed by atoms with Crippen molar-refractivity contribution in [2.75, 3.05) is 0 Å². The van der Waals surface area contributed by atoms with Crippen molar-refractivity contribution in [2.45, 2.75) is 0 Å². The molecule has 0 unspecified atom stereocenters. The van der Waals surface area contributed by atoms with E-state index in [1.165, 1.54) is 0 Å². The van der Waals surface area contributed by atoms with E-state index in [1.54, 1.807) is 0 Å². The Labute approximate surface area is 336 Å². The molecule has 0 fully saturated rings. The molecule has 0 saturated heterocycles. The zero-order valence-electron chi connectivity index (χ0n) is 31.2. The molecule has 0 bridgehead atoms. The van der Waals surface area contributed by atoms with Crippen molar-refractivity contribution in [2.24, 2.45) is 0 Å². The lowest BCUT2D eigenvalue weighted by molar-refractivity contribution is 0.592. The molecule has 0 N–H and O–H groups in total. The Balaban J connectivity index is 1.11. The fraction of sp³-hybridized carbons (Fsp3) is 0. The highest BCUT2D eigenvalue weighted by atomic mass is 31.2. The smallest absolute Gasteiger partial charge is 0.215 e. The number of para-hydroxylation sites is 1. The highest BCUT2D eigenvalue weighted by molar-refractivity contribution is 7.85. The third kappa shape index (κ3) is 5.96. The predicted octanol–water partition coefficient (Wildman–Crippen LogP) is 12.2. The van der Waals surface area contributed by atoms with Gasteiger partial charge in [-0.1, -0.05) is 188 Å². The van der Waals surface area contributed by atoms with E-state index in [0.717, 1.165) is 82.5 Å². The molecule has 2 heterocycles. The lowest BCUT2D eigenvalue weighted by atomic mass is 9.96. The van der Waals surface area contributed by atoms with Crippen molar-refractivity contribution in [3.05, 3.63) is 212 Å². The molecule has 6 heteroatoms. The molecule has 0 aliphatic heterocycles. The molecule has 0 amide bonds. The first-order chi connectivity index (χ1) is 28.6. The Kier molecular flexibility index (Phi) is 8.75. The van der Waals surface area contributed by atoms with Gasteiger partial charge >= 0.3 is 0 Å². The van der Waals surface area contributed by atoms with Crippen molar-refractivity contribution in [1.82, 2.24) is 15.0 Å². The molecule has 2 aromatic heterocycles. The minimum absolute atomic E-state index is 0.421. The van der Waals surface area contributed by atoms with Gasteiger partial charge < -0.3 is 4.57 Å². The van der Waals surface area contributed by atoms with E-state index < -0.39 is 7.14 Å². The van der Waals surface area contributed by atoms with Crippen molar-refractivity contribution in [3.63, 3.8) is 0 Å². The van der Waals surface area contributed by atoms with E-state index in [2.05, 4.69) is 47.3 Å². The number of hydrogen-bond donors (Lipinski definition) is 0. The molecule has 0 aliphatic rings. The Morgan fingerprint density at radius 2 is 0.828 bits per heavy atom. The lowest BCUT2D eigenvalue weighted by Crippen LogP contribution is -2.24. The highest BCUT2D eigenvalue weighted by Gasteiger charge is 2.29. The van der Waals surface area contributed by atoms with Gasteiger partial charge in [-0.05, 0) is 23.3 Å². The minimum Gasteiger partial charge on any atom is -0.309 e. The third-order valence-corrected chi connectivity index (χ3v) is 13.8. The maximum atomic E-state index is 14.9. The van der Waals surface area contributed by atoms with Gasteiger partial charge in [-0.25, -0.2) is 14.8 Å². The fourth-order valence-electron chi connectivity index (χ4n) is 7.92. The van der Waals surface area contributed by atoms with Crippen LogP contribution in [-0.4, -0.2) is 15.0 Å². The van der Waals surface area contributed by atoms with Crippen LogP contribution in [-0.2, 0) is 4.57 Å². The summed E-state index contributed by atoms with van der Waals surface area (Å²) in [5, 5.41) is 5.10. The summed E-state index contributed by atoms with van der Waals surface area (Å²) in [5.41, 5.74) is 9.57. The number of benzene rings is 8. The molecule has 8 aromatic carbocycles. The van der Waals surface area contributed by atoms with Gasteiger partial charge in [0.25, 0.3) is 0 Å². The summed E-state index contributed by atoms with van der Waals surface area (Å²) in [6.07, 6.45) is 0. The number of aromatic nitrogens is 3. The largest absolute Gasteiger partial charge is 0.309 e. The molecular formula is C52H33N4OP. The van der Waals surface area contributed by atoms with Gasteiger partial charge in [0.1, 0.15) is 0 Å². The van der Waals surface area contributed by atoms with Gasteiger partial charge in [0.15, 0.2) is 7.14 Å². The van der Waals surface area contributed by atoms with Crippen LogP contribution in [0.5, 0.6) is 0 Å². The van der Waals surface area contributed by atoms with Crippen LogP contribution in [0.4, 0.5) is 5.69 Å². The topological polar surface area (TPSA) is 60.1 Å². The van der Waals surface area contributed by atoms with Gasteiger partial charge in [0.05, 0.1) is 40.2 Å². The predicted molar refractivity (Wildman–Crippen MR) is 240 cm³/mol. The monoisotopic (exact) mass is 760 g/mol. The van der Waals surface area contributed by atoms with Crippen LogP contribution in [0, 0.1) is 6.57 Å². The van der Waals surface area contributed by atoms with E-state index >= 15 is 0 Å². The number of nitrogens with zero attached hydrogens (tertiary/aromatic N) is 4. The lowest BCUT2D eigenvalue weighted by Gasteiger charge is -2.20. The molecule has 58 heavy (non-hydrogen) atoms. The van der Waals surface area contributed by atoms with Gasteiger partial charge in [-0.15, -0.1) is 0 Å². The van der Waals surface area contributed by atoms with E-state index in [4.69, 9.17) is 21.5 Å². The van der Waals surface area contributed by atoms with E-state index in [-0.39, 0.29) is 0 Å². The molecule has 0 aliphatic carbocycles. The SMILES string of the molecule is [C-]#[N+]c1cc2c(-c3ccc(-c4ccc(P(=O)(c5ccccc5)c5ccccc5)cc4)cc3)nc3ccccc3c2c2nc(-c3ccccc3)c(-c3ccccc3)nc12. The number of hydrogen-bond acceptors (Lipinski definition) is 4. The van der Waals surface area contributed by atoms with Gasteiger partial charge in [-0.3, -0.25) is 4.98 Å². The molecular weight excluding hydrogens is 728 g/mol. The minimum atomic E-state index is -3.08. The Hall–Kier alpha value is -7.51. The van der Waals surface area contributed by atoms with Crippen LogP contribution in [0.15, 0.2) is 200 Å². The van der Waals surface area contributed by atoms with E-state index in [1.807, 2.05) is 158 Å². The Morgan fingerprint density at radius 1 is 0.397 bits per heavy atom. The Bertz CT molecular complexity index is 3180. The number of rotatable bonds is 7. The summed E-state index contributed by atoms with van der Waals surface area (Å²) in [6, 6.07) is 66.1. The van der Waals surface area contributed by atoms with Crippen LogP contribution < -0.4 is 15.9 Å². The van der Waals surface area contributed by atoms with Crippen LogP contribution in [0.1, 0.15) is 0 Å². The van der Waals surface area contributed by atoms with Gasteiger partial charge in [-0.2, -0.15) is 0 Å². The molecule has 10 aromatic rings.